The van der Waals surface area contributed by atoms with Crippen molar-refractivity contribution < 1.29 is 19.1 Å². The highest BCUT2D eigenvalue weighted by Crippen LogP contribution is 2.45. The van der Waals surface area contributed by atoms with Crippen LogP contribution in [0.2, 0.25) is 0 Å². The molecule has 1 heterocycles. The molecule has 2 atom stereocenters. The van der Waals surface area contributed by atoms with Crippen molar-refractivity contribution >= 4 is 11.9 Å². The first kappa shape index (κ1) is 23.1. The first-order chi connectivity index (χ1) is 16.5. The Morgan fingerprint density at radius 2 is 1.47 bits per heavy atom. The van der Waals surface area contributed by atoms with Crippen LogP contribution >= 0.6 is 0 Å². The van der Waals surface area contributed by atoms with Gasteiger partial charge in [-0.3, -0.25) is 4.79 Å². The van der Waals surface area contributed by atoms with Gasteiger partial charge in [0.25, 0.3) is 0 Å². The lowest BCUT2D eigenvalue weighted by Gasteiger charge is -2.52. The number of ether oxygens (including phenoxy) is 2. The third-order valence-electron chi connectivity index (χ3n) is 6.02. The molecule has 3 aromatic rings. The standard InChI is InChI=1S/C28H28N2O4/c1-19(18-24(31)34-3)29-25-27(22-14-16-23(33-2)17-15-22)30(28(25)32)26(20-10-6-4-7-11-20)21-12-8-5-9-13-21/h4-18,25-27,29H,1-3H3. The fourth-order valence-corrected chi connectivity index (χ4v) is 4.40. The van der Waals surface area contributed by atoms with E-state index in [1.165, 1.54) is 13.2 Å². The number of amides is 1. The van der Waals surface area contributed by atoms with Gasteiger partial charge in [-0.1, -0.05) is 72.8 Å². The molecule has 3 aromatic carbocycles. The van der Waals surface area contributed by atoms with Gasteiger partial charge in [-0.25, -0.2) is 4.79 Å². The van der Waals surface area contributed by atoms with Crippen LogP contribution in [-0.2, 0) is 14.3 Å². The zero-order valence-corrected chi connectivity index (χ0v) is 19.5. The van der Waals surface area contributed by atoms with E-state index in [0.717, 1.165) is 22.4 Å². The van der Waals surface area contributed by atoms with Crippen molar-refractivity contribution in [2.24, 2.45) is 0 Å². The van der Waals surface area contributed by atoms with Crippen LogP contribution in [0.4, 0.5) is 0 Å². The molecule has 2 unspecified atom stereocenters. The van der Waals surface area contributed by atoms with E-state index in [9.17, 15) is 9.59 Å². The molecule has 1 amide bonds. The van der Waals surface area contributed by atoms with Crippen molar-refractivity contribution in [1.29, 1.82) is 0 Å². The van der Waals surface area contributed by atoms with Crippen LogP contribution < -0.4 is 10.1 Å². The summed E-state index contributed by atoms with van der Waals surface area (Å²) in [6.07, 6.45) is 1.35. The lowest BCUT2D eigenvalue weighted by molar-refractivity contribution is -0.154. The lowest BCUT2D eigenvalue weighted by atomic mass is 9.83. The van der Waals surface area contributed by atoms with Gasteiger partial charge in [-0.2, -0.15) is 0 Å². The van der Waals surface area contributed by atoms with Crippen LogP contribution in [0, 0.1) is 0 Å². The molecule has 34 heavy (non-hydrogen) atoms. The molecule has 0 aromatic heterocycles. The number of nitrogens with one attached hydrogen (secondary N) is 1. The van der Waals surface area contributed by atoms with Crippen molar-refractivity contribution in [1.82, 2.24) is 10.2 Å². The third-order valence-corrected chi connectivity index (χ3v) is 6.02. The van der Waals surface area contributed by atoms with E-state index in [1.54, 1.807) is 14.0 Å². The summed E-state index contributed by atoms with van der Waals surface area (Å²) < 4.78 is 10.1. The molecule has 4 rings (SSSR count). The van der Waals surface area contributed by atoms with Gasteiger partial charge in [0.15, 0.2) is 0 Å². The Labute approximate surface area is 199 Å². The number of carbonyl (C=O) groups excluding carboxylic acids is 2. The summed E-state index contributed by atoms with van der Waals surface area (Å²) in [6, 6.07) is 26.7. The number of allylic oxidation sites excluding steroid dienone is 1. The Morgan fingerprint density at radius 1 is 0.912 bits per heavy atom. The molecule has 6 nitrogen and oxygen atoms in total. The third kappa shape index (κ3) is 4.66. The average molecular weight is 457 g/mol. The topological polar surface area (TPSA) is 67.9 Å². The maximum absolute atomic E-state index is 13.6. The second-order valence-electron chi connectivity index (χ2n) is 8.16. The number of carbonyl (C=O) groups is 2. The normalized spacial score (nSPS) is 17.8. The van der Waals surface area contributed by atoms with Crippen molar-refractivity contribution in [3.63, 3.8) is 0 Å². The van der Waals surface area contributed by atoms with Crippen LogP contribution in [0.25, 0.3) is 0 Å². The van der Waals surface area contributed by atoms with Crippen LogP contribution in [0.3, 0.4) is 0 Å². The minimum Gasteiger partial charge on any atom is -0.497 e. The molecule has 0 bridgehead atoms. The highest BCUT2D eigenvalue weighted by molar-refractivity contribution is 5.91. The smallest absolute Gasteiger partial charge is 0.332 e. The van der Waals surface area contributed by atoms with Gasteiger partial charge in [0.2, 0.25) is 5.91 Å². The van der Waals surface area contributed by atoms with Crippen LogP contribution in [0.15, 0.2) is 96.7 Å². The maximum atomic E-state index is 13.6. The number of β-lactam (4-membered cyclic amide) rings is 1. The van der Waals surface area contributed by atoms with Crippen molar-refractivity contribution in [3.05, 3.63) is 113 Å². The van der Waals surface area contributed by atoms with Crippen molar-refractivity contribution in [3.8, 4) is 5.75 Å². The Morgan fingerprint density at radius 3 is 1.97 bits per heavy atom. The summed E-state index contributed by atoms with van der Waals surface area (Å²) >= 11 is 0. The Bertz CT molecular complexity index is 1120. The summed E-state index contributed by atoms with van der Waals surface area (Å²) in [5.74, 6) is 0.229. The molecule has 1 aliphatic rings. The zero-order valence-electron chi connectivity index (χ0n) is 19.5. The van der Waals surface area contributed by atoms with E-state index in [-0.39, 0.29) is 18.0 Å². The zero-order chi connectivity index (χ0) is 24.1. The molecule has 1 saturated heterocycles. The molecule has 1 fully saturated rings. The summed E-state index contributed by atoms with van der Waals surface area (Å²) in [7, 11) is 2.95. The van der Waals surface area contributed by atoms with E-state index in [4.69, 9.17) is 9.47 Å². The van der Waals surface area contributed by atoms with Crippen LogP contribution in [-0.4, -0.2) is 37.0 Å². The molecule has 0 saturated carbocycles. The number of esters is 1. The Hall–Kier alpha value is -4.06. The van der Waals surface area contributed by atoms with Crippen molar-refractivity contribution in [2.75, 3.05) is 14.2 Å². The molecule has 174 valence electrons. The predicted octanol–water partition coefficient (Wildman–Crippen LogP) is 4.40. The SMILES string of the molecule is COC(=O)C=C(C)NC1C(=O)N(C(c2ccccc2)c2ccccc2)C1c1ccc(OC)cc1. The van der Waals surface area contributed by atoms with Crippen LogP contribution in [0.5, 0.6) is 5.75 Å². The molecule has 1 N–H and O–H groups in total. The highest BCUT2D eigenvalue weighted by atomic mass is 16.5. The van der Waals surface area contributed by atoms with E-state index >= 15 is 0 Å². The summed E-state index contributed by atoms with van der Waals surface area (Å²) in [5, 5.41) is 3.23. The number of benzene rings is 3. The molecular weight excluding hydrogens is 428 g/mol. The molecule has 0 spiro atoms. The Balaban J connectivity index is 1.76. The van der Waals surface area contributed by atoms with Gasteiger partial charge in [0, 0.05) is 11.8 Å². The first-order valence-corrected chi connectivity index (χ1v) is 11.1. The van der Waals surface area contributed by atoms with E-state index in [0.29, 0.717) is 5.70 Å². The molecular formula is C28H28N2O4. The summed E-state index contributed by atoms with van der Waals surface area (Å²) in [4.78, 5) is 27.3. The number of rotatable bonds is 8. The lowest BCUT2D eigenvalue weighted by Crippen LogP contribution is -2.65. The van der Waals surface area contributed by atoms with Gasteiger partial charge in [0.05, 0.1) is 26.3 Å². The van der Waals surface area contributed by atoms with Gasteiger partial charge in [0.1, 0.15) is 11.8 Å². The largest absolute Gasteiger partial charge is 0.497 e. The Kier molecular flexibility index (Phi) is 6.97. The number of nitrogens with zero attached hydrogens (tertiary/aromatic N) is 1. The molecule has 1 aliphatic heterocycles. The van der Waals surface area contributed by atoms with Gasteiger partial charge >= 0.3 is 5.97 Å². The fraction of sp³-hybridized carbons (Fsp3) is 0.214. The fourth-order valence-electron chi connectivity index (χ4n) is 4.40. The minimum absolute atomic E-state index is 0.0452. The van der Waals surface area contributed by atoms with E-state index < -0.39 is 12.0 Å². The highest BCUT2D eigenvalue weighted by Gasteiger charge is 2.51. The predicted molar refractivity (Wildman–Crippen MR) is 130 cm³/mol. The van der Waals surface area contributed by atoms with Gasteiger partial charge in [-0.05, 0) is 35.7 Å². The molecule has 6 heteroatoms. The number of methoxy groups -OCH3 is 2. The number of hydrogen-bond acceptors (Lipinski definition) is 5. The maximum Gasteiger partial charge on any atom is 0.332 e. The van der Waals surface area contributed by atoms with Crippen molar-refractivity contribution in [2.45, 2.75) is 25.0 Å². The second-order valence-corrected chi connectivity index (χ2v) is 8.16. The molecule has 0 aliphatic carbocycles. The molecule has 0 radical (unpaired) electrons. The second kappa shape index (κ2) is 10.3. The quantitative estimate of drug-likeness (QED) is 0.309. The minimum atomic E-state index is -0.524. The number of likely N-dealkylation sites (tertiary alicyclic amines) is 1. The van der Waals surface area contributed by atoms with Crippen LogP contribution in [0.1, 0.15) is 35.7 Å². The summed E-state index contributed by atoms with van der Waals surface area (Å²) in [6.45, 7) is 1.75. The monoisotopic (exact) mass is 456 g/mol. The first-order valence-electron chi connectivity index (χ1n) is 11.1. The van der Waals surface area contributed by atoms with E-state index in [1.807, 2.05) is 89.8 Å². The average Bonchev–Trinajstić information content (AvgIpc) is 2.88. The van der Waals surface area contributed by atoms with Gasteiger partial charge in [-0.15, -0.1) is 0 Å². The number of hydrogen-bond donors (Lipinski definition) is 1. The summed E-state index contributed by atoms with van der Waals surface area (Å²) in [5.41, 5.74) is 3.60. The van der Waals surface area contributed by atoms with E-state index in [2.05, 4.69) is 5.32 Å². The van der Waals surface area contributed by atoms with Gasteiger partial charge < -0.3 is 19.7 Å².